The van der Waals surface area contributed by atoms with Crippen molar-refractivity contribution in [3.63, 3.8) is 0 Å². The topological polar surface area (TPSA) is 60.7 Å². The third kappa shape index (κ3) is 1.78. The van der Waals surface area contributed by atoms with Crippen molar-refractivity contribution in [3.05, 3.63) is 33.7 Å². The maximum absolute atomic E-state index is 12.2. The lowest BCUT2D eigenvalue weighted by Gasteiger charge is -2.21. The van der Waals surface area contributed by atoms with E-state index in [-0.39, 0.29) is 17.2 Å². The lowest BCUT2D eigenvalue weighted by molar-refractivity contribution is 0.0156. The van der Waals surface area contributed by atoms with Gasteiger partial charge in [0, 0.05) is 11.6 Å². The van der Waals surface area contributed by atoms with Crippen molar-refractivity contribution in [1.82, 2.24) is 9.38 Å². The number of ether oxygens (including phenoxy) is 1. The third-order valence-corrected chi connectivity index (χ3v) is 5.27. The Balaban J connectivity index is 1.61. The molecule has 0 aliphatic heterocycles. The van der Waals surface area contributed by atoms with Crippen LogP contribution in [0.3, 0.4) is 0 Å². The van der Waals surface area contributed by atoms with Crippen molar-refractivity contribution in [1.29, 1.82) is 0 Å². The van der Waals surface area contributed by atoms with E-state index in [9.17, 15) is 9.59 Å². The van der Waals surface area contributed by atoms with E-state index in [0.29, 0.717) is 16.8 Å². The molecular weight excluding hydrogens is 276 g/mol. The van der Waals surface area contributed by atoms with Crippen LogP contribution >= 0.6 is 11.3 Å². The fourth-order valence-corrected chi connectivity index (χ4v) is 4.17. The first-order chi connectivity index (χ1) is 9.72. The number of hydrogen-bond donors (Lipinski definition) is 0. The highest BCUT2D eigenvalue weighted by molar-refractivity contribution is 7.15. The summed E-state index contributed by atoms with van der Waals surface area (Å²) in [5, 5.41) is 1.77. The summed E-state index contributed by atoms with van der Waals surface area (Å²) in [5.74, 6) is 0.668. The Bertz CT molecular complexity index is 735. The molecule has 5 nitrogen and oxygen atoms in total. The van der Waals surface area contributed by atoms with Gasteiger partial charge in [-0.05, 0) is 37.5 Å². The average Bonchev–Trinajstić information content (AvgIpc) is 3.14. The molecule has 0 radical (unpaired) electrons. The van der Waals surface area contributed by atoms with Gasteiger partial charge < -0.3 is 4.74 Å². The van der Waals surface area contributed by atoms with E-state index in [0.717, 1.165) is 12.8 Å². The summed E-state index contributed by atoms with van der Waals surface area (Å²) in [7, 11) is 0. The Morgan fingerprint density at radius 3 is 3.05 bits per heavy atom. The van der Waals surface area contributed by atoms with E-state index in [1.165, 1.54) is 34.8 Å². The molecular formula is C14H14N2O3S. The van der Waals surface area contributed by atoms with Gasteiger partial charge >= 0.3 is 5.97 Å². The van der Waals surface area contributed by atoms with Gasteiger partial charge in [-0.3, -0.25) is 9.20 Å². The normalized spacial score (nSPS) is 28.1. The van der Waals surface area contributed by atoms with Gasteiger partial charge in [-0.2, -0.15) is 0 Å². The van der Waals surface area contributed by atoms with Gasteiger partial charge in [0.2, 0.25) is 0 Å². The molecule has 2 heterocycles. The van der Waals surface area contributed by atoms with Gasteiger partial charge in [0.05, 0.1) is 6.20 Å². The molecule has 0 aromatic carbocycles. The van der Waals surface area contributed by atoms with Crippen LogP contribution in [0.25, 0.3) is 4.96 Å². The molecule has 6 heteroatoms. The predicted molar refractivity (Wildman–Crippen MR) is 74.0 cm³/mol. The van der Waals surface area contributed by atoms with E-state index >= 15 is 0 Å². The van der Waals surface area contributed by atoms with Crippen LogP contribution in [-0.4, -0.2) is 21.5 Å². The quantitative estimate of drug-likeness (QED) is 0.795. The largest absolute Gasteiger partial charge is 0.458 e. The SMILES string of the molecule is O=C(OC1CC2CCC1C2)c1cnc2sccn2c1=O. The maximum Gasteiger partial charge on any atom is 0.345 e. The highest BCUT2D eigenvalue weighted by Crippen LogP contribution is 2.45. The number of thiazole rings is 1. The minimum atomic E-state index is -0.527. The Kier molecular flexibility index (Phi) is 2.66. The average molecular weight is 290 g/mol. The zero-order chi connectivity index (χ0) is 13.7. The van der Waals surface area contributed by atoms with E-state index in [2.05, 4.69) is 4.98 Å². The molecule has 2 aromatic heterocycles. The van der Waals surface area contributed by atoms with Crippen LogP contribution in [0.4, 0.5) is 0 Å². The summed E-state index contributed by atoms with van der Waals surface area (Å²) < 4.78 is 6.94. The van der Waals surface area contributed by atoms with E-state index < -0.39 is 5.97 Å². The highest BCUT2D eigenvalue weighted by Gasteiger charge is 2.42. The highest BCUT2D eigenvalue weighted by atomic mass is 32.1. The van der Waals surface area contributed by atoms with Crippen molar-refractivity contribution in [3.8, 4) is 0 Å². The summed E-state index contributed by atoms with van der Waals surface area (Å²) >= 11 is 1.36. The number of carbonyl (C=O) groups excluding carboxylic acids is 1. The number of carbonyl (C=O) groups is 1. The van der Waals surface area contributed by atoms with Gasteiger partial charge in [-0.15, -0.1) is 11.3 Å². The van der Waals surface area contributed by atoms with E-state index in [1.807, 2.05) is 0 Å². The fourth-order valence-electron chi connectivity index (χ4n) is 3.50. The lowest BCUT2D eigenvalue weighted by Crippen LogP contribution is -2.29. The zero-order valence-corrected chi connectivity index (χ0v) is 11.6. The molecule has 0 amide bonds. The fraction of sp³-hybridized carbons (Fsp3) is 0.500. The molecule has 0 spiro atoms. The van der Waals surface area contributed by atoms with Gasteiger partial charge in [0.25, 0.3) is 5.56 Å². The summed E-state index contributed by atoms with van der Waals surface area (Å²) in [6.07, 6.45) is 7.47. The van der Waals surface area contributed by atoms with Gasteiger partial charge in [-0.25, -0.2) is 9.78 Å². The van der Waals surface area contributed by atoms with Gasteiger partial charge in [0.1, 0.15) is 11.7 Å². The Morgan fingerprint density at radius 1 is 1.40 bits per heavy atom. The van der Waals surface area contributed by atoms with Crippen molar-refractivity contribution in [2.24, 2.45) is 11.8 Å². The van der Waals surface area contributed by atoms with Gasteiger partial charge in [0.15, 0.2) is 4.96 Å². The number of nitrogens with zero attached hydrogens (tertiary/aromatic N) is 2. The number of rotatable bonds is 2. The van der Waals surface area contributed by atoms with Crippen LogP contribution in [0.2, 0.25) is 0 Å². The first-order valence-electron chi connectivity index (χ1n) is 6.88. The summed E-state index contributed by atoms with van der Waals surface area (Å²) in [6.45, 7) is 0. The van der Waals surface area contributed by atoms with Crippen LogP contribution in [-0.2, 0) is 4.74 Å². The second-order valence-electron chi connectivity index (χ2n) is 5.65. The predicted octanol–water partition coefficient (Wildman–Crippen LogP) is 2.10. The first kappa shape index (κ1) is 12.1. The maximum atomic E-state index is 12.2. The van der Waals surface area contributed by atoms with Crippen molar-refractivity contribution in [2.45, 2.75) is 31.8 Å². The molecule has 0 N–H and O–H groups in total. The Labute approximate surface area is 119 Å². The van der Waals surface area contributed by atoms with Crippen LogP contribution in [0, 0.1) is 11.8 Å². The summed E-state index contributed by atoms with van der Waals surface area (Å²) in [4.78, 5) is 29.1. The molecule has 2 fully saturated rings. The molecule has 104 valence electrons. The molecule has 0 saturated heterocycles. The zero-order valence-electron chi connectivity index (χ0n) is 10.8. The second-order valence-corrected chi connectivity index (χ2v) is 6.52. The van der Waals surface area contributed by atoms with Crippen LogP contribution in [0.5, 0.6) is 0 Å². The summed E-state index contributed by atoms with van der Waals surface area (Å²) in [6, 6.07) is 0. The minimum Gasteiger partial charge on any atom is -0.458 e. The molecule has 4 rings (SSSR count). The number of esters is 1. The van der Waals surface area contributed by atoms with Crippen LogP contribution in [0.1, 0.15) is 36.0 Å². The number of fused-ring (bicyclic) bond motifs is 3. The molecule has 2 aliphatic rings. The molecule has 3 atom stereocenters. The first-order valence-corrected chi connectivity index (χ1v) is 7.76. The summed E-state index contributed by atoms with van der Waals surface area (Å²) in [5.41, 5.74) is -0.312. The molecule has 2 saturated carbocycles. The van der Waals surface area contributed by atoms with Crippen molar-refractivity contribution < 1.29 is 9.53 Å². The minimum absolute atomic E-state index is 0.0104. The van der Waals surface area contributed by atoms with E-state index in [4.69, 9.17) is 4.74 Å². The molecule has 2 aromatic rings. The van der Waals surface area contributed by atoms with Gasteiger partial charge in [-0.1, -0.05) is 0 Å². The lowest BCUT2D eigenvalue weighted by atomic mass is 9.98. The molecule has 2 aliphatic carbocycles. The molecule has 3 unspecified atom stereocenters. The van der Waals surface area contributed by atoms with Crippen LogP contribution < -0.4 is 5.56 Å². The Morgan fingerprint density at radius 2 is 2.30 bits per heavy atom. The molecule has 2 bridgehead atoms. The monoisotopic (exact) mass is 290 g/mol. The third-order valence-electron chi connectivity index (χ3n) is 4.49. The standard InChI is InChI=1S/C14H14N2O3S/c17-12-10(7-15-14-16(12)3-4-20-14)13(18)19-11-6-8-1-2-9(11)5-8/h3-4,7-9,11H,1-2,5-6H2. The van der Waals surface area contributed by atoms with Crippen molar-refractivity contribution in [2.75, 3.05) is 0 Å². The molecule has 20 heavy (non-hydrogen) atoms. The van der Waals surface area contributed by atoms with E-state index in [1.54, 1.807) is 11.6 Å². The number of hydrogen-bond acceptors (Lipinski definition) is 5. The number of aromatic nitrogens is 2. The smallest absolute Gasteiger partial charge is 0.345 e. The Hall–Kier alpha value is -1.69. The second kappa shape index (κ2) is 4.41. The van der Waals surface area contributed by atoms with Crippen LogP contribution in [0.15, 0.2) is 22.6 Å². The van der Waals surface area contributed by atoms with Crippen molar-refractivity contribution >= 4 is 22.3 Å².